The first-order chi connectivity index (χ1) is 38.5. The third-order valence-corrected chi connectivity index (χ3v) is 14.9. The van der Waals surface area contributed by atoms with Crippen molar-refractivity contribution in [1.29, 1.82) is 0 Å². The Bertz CT molecular complexity index is 1440. The van der Waals surface area contributed by atoms with Crippen molar-refractivity contribution in [3.63, 3.8) is 0 Å². The molecule has 0 N–H and O–H groups in total. The number of unbranched alkanes of at least 4 members (excludes halogenated alkanes) is 39. The van der Waals surface area contributed by atoms with Gasteiger partial charge in [0.05, 0.1) is 0 Å². The molecule has 0 aliphatic rings. The highest BCUT2D eigenvalue weighted by molar-refractivity contribution is 5.71. The van der Waals surface area contributed by atoms with E-state index in [-0.39, 0.29) is 31.1 Å². The van der Waals surface area contributed by atoms with Crippen LogP contribution >= 0.6 is 0 Å². The second-order valence-corrected chi connectivity index (χ2v) is 22.7. The highest BCUT2D eigenvalue weighted by atomic mass is 16.6. The van der Waals surface area contributed by atoms with Crippen molar-refractivity contribution >= 4 is 17.9 Å². The van der Waals surface area contributed by atoms with E-state index >= 15 is 0 Å². The summed E-state index contributed by atoms with van der Waals surface area (Å²) in [5.41, 5.74) is 0. The van der Waals surface area contributed by atoms with Gasteiger partial charge in [-0.15, -0.1) is 0 Å². The van der Waals surface area contributed by atoms with E-state index in [0.29, 0.717) is 19.3 Å². The van der Waals surface area contributed by atoms with Crippen LogP contribution in [0.1, 0.15) is 348 Å². The van der Waals surface area contributed by atoms with Gasteiger partial charge in [-0.25, -0.2) is 0 Å². The average molecular weight is 1090 g/mol. The van der Waals surface area contributed by atoms with Gasteiger partial charge in [0.1, 0.15) is 13.2 Å². The SMILES string of the molecule is CC/C=C\C/C=C\C/C=C\C/C=C\C/C=C\CCCCCCCC(=O)OC(COC(=O)CCCCCCC/C=C\CCCCCCCC)COC(=O)CCCCCCCCCCCCCCCCCCCCCCCCCC. The van der Waals surface area contributed by atoms with Crippen molar-refractivity contribution in [2.45, 2.75) is 354 Å². The Hall–Kier alpha value is -3.15. The highest BCUT2D eigenvalue weighted by Crippen LogP contribution is 2.18. The van der Waals surface area contributed by atoms with E-state index in [4.69, 9.17) is 14.2 Å². The van der Waals surface area contributed by atoms with E-state index in [2.05, 4.69) is 93.7 Å². The molecule has 6 nitrogen and oxygen atoms in total. The molecule has 78 heavy (non-hydrogen) atoms. The van der Waals surface area contributed by atoms with Gasteiger partial charge in [0.25, 0.3) is 0 Å². The Labute approximate surface area is 484 Å². The molecule has 1 atom stereocenters. The van der Waals surface area contributed by atoms with Gasteiger partial charge in [-0.2, -0.15) is 0 Å². The summed E-state index contributed by atoms with van der Waals surface area (Å²) in [5, 5.41) is 0. The van der Waals surface area contributed by atoms with Crippen LogP contribution in [-0.4, -0.2) is 37.2 Å². The fourth-order valence-electron chi connectivity index (χ4n) is 9.88. The summed E-state index contributed by atoms with van der Waals surface area (Å²) < 4.78 is 17.0. The lowest BCUT2D eigenvalue weighted by Gasteiger charge is -2.18. The zero-order valence-electron chi connectivity index (χ0n) is 51.9. The van der Waals surface area contributed by atoms with Crippen LogP contribution in [-0.2, 0) is 28.6 Å². The smallest absolute Gasteiger partial charge is 0.306 e. The second-order valence-electron chi connectivity index (χ2n) is 22.7. The van der Waals surface area contributed by atoms with E-state index in [0.717, 1.165) is 116 Å². The van der Waals surface area contributed by atoms with Crippen LogP contribution in [0, 0.1) is 0 Å². The standard InChI is InChI=1S/C72H128O6/c1-4-7-10-13-16-19-22-25-28-30-32-34-35-36-38-39-41-44-47-50-53-56-59-62-65-71(74)77-68-69(67-76-70(73)64-61-58-55-52-49-46-43-27-24-21-18-15-12-9-6-3)78-72(75)66-63-60-57-54-51-48-45-42-40-37-33-31-29-26-23-20-17-14-11-8-5-2/h8,11,17,20,26-27,29,33,37,42-43,45,69H,4-7,9-10,12-16,18-19,21-25,28,30-32,34-36,38-41,44,46-68H2,1-3H3/b11-8-,20-17-,29-26-,37-33-,43-27-,45-42-. The summed E-state index contributed by atoms with van der Waals surface area (Å²) in [6.07, 6.45) is 86.3. The first kappa shape index (κ1) is 74.8. The largest absolute Gasteiger partial charge is 0.462 e. The fourth-order valence-corrected chi connectivity index (χ4v) is 9.88. The fraction of sp³-hybridized carbons (Fsp3) is 0.792. The number of carbonyl (C=O) groups excluding carboxylic acids is 3. The Balaban J connectivity index is 4.34. The maximum absolute atomic E-state index is 12.9. The monoisotopic (exact) mass is 1090 g/mol. The van der Waals surface area contributed by atoms with Gasteiger partial charge < -0.3 is 14.2 Å². The summed E-state index contributed by atoms with van der Waals surface area (Å²) in [6, 6.07) is 0. The van der Waals surface area contributed by atoms with E-state index in [1.54, 1.807) is 0 Å². The normalized spacial score (nSPS) is 12.5. The molecular formula is C72H128O6. The van der Waals surface area contributed by atoms with Crippen molar-refractivity contribution in [1.82, 2.24) is 0 Å². The zero-order chi connectivity index (χ0) is 56.4. The molecule has 1 unspecified atom stereocenters. The Morgan fingerprint density at radius 3 is 0.795 bits per heavy atom. The van der Waals surface area contributed by atoms with Gasteiger partial charge >= 0.3 is 17.9 Å². The van der Waals surface area contributed by atoms with Crippen molar-refractivity contribution in [2.75, 3.05) is 13.2 Å². The van der Waals surface area contributed by atoms with Gasteiger partial charge in [-0.1, -0.05) is 312 Å². The van der Waals surface area contributed by atoms with E-state index in [1.165, 1.54) is 193 Å². The van der Waals surface area contributed by atoms with Gasteiger partial charge in [0, 0.05) is 19.3 Å². The number of carbonyl (C=O) groups is 3. The molecule has 0 heterocycles. The molecule has 0 spiro atoms. The summed E-state index contributed by atoms with van der Waals surface area (Å²) in [7, 11) is 0. The number of rotatable bonds is 62. The molecule has 6 heteroatoms. The molecule has 0 fully saturated rings. The van der Waals surface area contributed by atoms with Crippen LogP contribution in [0.25, 0.3) is 0 Å². The Morgan fingerprint density at radius 1 is 0.269 bits per heavy atom. The predicted molar refractivity (Wildman–Crippen MR) is 339 cm³/mol. The molecule has 0 aromatic heterocycles. The quantitative estimate of drug-likeness (QED) is 0.0261. The van der Waals surface area contributed by atoms with Crippen LogP contribution in [0.5, 0.6) is 0 Å². The summed E-state index contributed by atoms with van der Waals surface area (Å²) >= 11 is 0. The lowest BCUT2D eigenvalue weighted by molar-refractivity contribution is -0.167. The molecule has 0 amide bonds. The maximum Gasteiger partial charge on any atom is 0.306 e. The average Bonchev–Trinajstić information content (AvgIpc) is 3.44. The van der Waals surface area contributed by atoms with Gasteiger partial charge in [-0.05, 0) is 89.9 Å². The number of hydrogen-bond donors (Lipinski definition) is 0. The molecule has 0 bridgehead atoms. The zero-order valence-corrected chi connectivity index (χ0v) is 51.9. The van der Waals surface area contributed by atoms with Crippen molar-refractivity contribution in [3.8, 4) is 0 Å². The first-order valence-corrected chi connectivity index (χ1v) is 33.9. The Morgan fingerprint density at radius 2 is 0.500 bits per heavy atom. The maximum atomic E-state index is 12.9. The van der Waals surface area contributed by atoms with Gasteiger partial charge in [0.15, 0.2) is 6.10 Å². The van der Waals surface area contributed by atoms with Crippen LogP contribution in [0.3, 0.4) is 0 Å². The third kappa shape index (κ3) is 63.7. The van der Waals surface area contributed by atoms with Gasteiger partial charge in [-0.3, -0.25) is 14.4 Å². The van der Waals surface area contributed by atoms with Crippen LogP contribution < -0.4 is 0 Å². The number of hydrogen-bond acceptors (Lipinski definition) is 6. The second kappa shape index (κ2) is 66.4. The minimum Gasteiger partial charge on any atom is -0.462 e. The first-order valence-electron chi connectivity index (χ1n) is 33.9. The molecule has 0 aliphatic carbocycles. The molecule has 0 aliphatic heterocycles. The predicted octanol–water partition coefficient (Wildman–Crippen LogP) is 23.3. The molecule has 0 saturated heterocycles. The molecule has 0 aromatic carbocycles. The molecule has 452 valence electrons. The van der Waals surface area contributed by atoms with Crippen molar-refractivity contribution in [3.05, 3.63) is 72.9 Å². The van der Waals surface area contributed by atoms with E-state index in [9.17, 15) is 14.4 Å². The van der Waals surface area contributed by atoms with Crippen molar-refractivity contribution < 1.29 is 28.6 Å². The topological polar surface area (TPSA) is 78.9 Å². The summed E-state index contributed by atoms with van der Waals surface area (Å²) in [6.45, 7) is 6.55. The molecule has 0 aromatic rings. The highest BCUT2D eigenvalue weighted by Gasteiger charge is 2.19. The summed E-state index contributed by atoms with van der Waals surface area (Å²) in [5.74, 6) is -0.892. The molecular weight excluding hydrogens is 961 g/mol. The Kier molecular flexibility index (Phi) is 63.7. The summed E-state index contributed by atoms with van der Waals surface area (Å²) in [4.78, 5) is 38.4. The van der Waals surface area contributed by atoms with Gasteiger partial charge in [0.2, 0.25) is 0 Å². The number of esters is 3. The third-order valence-electron chi connectivity index (χ3n) is 14.9. The molecule has 0 radical (unpaired) electrons. The van der Waals surface area contributed by atoms with Crippen LogP contribution in [0.2, 0.25) is 0 Å². The number of ether oxygens (including phenoxy) is 3. The molecule has 0 rings (SSSR count). The minimum atomic E-state index is -0.790. The van der Waals surface area contributed by atoms with Crippen molar-refractivity contribution in [2.24, 2.45) is 0 Å². The molecule has 0 saturated carbocycles. The van der Waals surface area contributed by atoms with Crippen LogP contribution in [0.4, 0.5) is 0 Å². The minimum absolute atomic E-state index is 0.0829. The van der Waals surface area contributed by atoms with Crippen LogP contribution in [0.15, 0.2) is 72.9 Å². The van der Waals surface area contributed by atoms with E-state index in [1.807, 2.05) is 0 Å². The lowest BCUT2D eigenvalue weighted by atomic mass is 10.0. The lowest BCUT2D eigenvalue weighted by Crippen LogP contribution is -2.30. The number of allylic oxidation sites excluding steroid dienone is 12. The van der Waals surface area contributed by atoms with E-state index < -0.39 is 6.10 Å².